The Morgan fingerprint density at radius 1 is 1.62 bits per heavy atom. The Labute approximate surface area is 77.2 Å². The molecule has 1 atom stereocenters. The number of carboxylic acid groups (broad SMARTS) is 1. The van der Waals surface area contributed by atoms with Gasteiger partial charge in [-0.05, 0) is 25.7 Å². The monoisotopic (exact) mass is 207 g/mol. The topological polar surface area (TPSA) is 83.5 Å². The molecular weight excluding hydrogens is 194 g/mol. The average Bonchev–Trinajstić information content (AvgIpc) is 2.69. The van der Waals surface area contributed by atoms with E-state index < -0.39 is 22.0 Å². The summed E-state index contributed by atoms with van der Waals surface area (Å²) in [5, 5.41) is 8.47. The number of sulfonamides is 1. The maximum atomic E-state index is 11.2. The van der Waals surface area contributed by atoms with Gasteiger partial charge in [0.1, 0.15) is 6.04 Å². The fourth-order valence-electron chi connectivity index (χ4n) is 0.963. The van der Waals surface area contributed by atoms with Gasteiger partial charge in [0.2, 0.25) is 10.0 Å². The predicted octanol–water partition coefficient (Wildman–Crippen LogP) is -0.211. The second kappa shape index (κ2) is 3.63. The largest absolute Gasteiger partial charge is 0.480 e. The molecule has 0 aliphatic heterocycles. The maximum absolute atomic E-state index is 11.2. The maximum Gasteiger partial charge on any atom is 0.321 e. The van der Waals surface area contributed by atoms with Crippen molar-refractivity contribution in [1.82, 2.24) is 4.72 Å². The first kappa shape index (κ1) is 10.5. The van der Waals surface area contributed by atoms with Crippen molar-refractivity contribution in [3.8, 4) is 0 Å². The van der Waals surface area contributed by atoms with Crippen molar-refractivity contribution in [3.63, 3.8) is 0 Å². The van der Waals surface area contributed by atoms with Gasteiger partial charge < -0.3 is 5.11 Å². The van der Waals surface area contributed by atoms with Crippen molar-refractivity contribution in [2.24, 2.45) is 5.92 Å². The zero-order valence-corrected chi connectivity index (χ0v) is 8.17. The van der Waals surface area contributed by atoms with Crippen LogP contribution in [0.15, 0.2) is 0 Å². The van der Waals surface area contributed by atoms with Crippen LogP contribution in [0, 0.1) is 5.92 Å². The summed E-state index contributed by atoms with van der Waals surface area (Å²) >= 11 is 0. The molecule has 2 N–H and O–H groups in total. The third-order valence-corrected chi connectivity index (χ3v) is 3.50. The van der Waals surface area contributed by atoms with E-state index in [0.717, 1.165) is 12.8 Å². The molecule has 13 heavy (non-hydrogen) atoms. The van der Waals surface area contributed by atoms with Crippen molar-refractivity contribution < 1.29 is 18.3 Å². The molecule has 0 bridgehead atoms. The van der Waals surface area contributed by atoms with E-state index in [1.54, 1.807) is 0 Å². The van der Waals surface area contributed by atoms with Crippen LogP contribution in [-0.4, -0.2) is 31.3 Å². The van der Waals surface area contributed by atoms with Gasteiger partial charge in [-0.15, -0.1) is 0 Å². The molecule has 1 unspecified atom stereocenters. The van der Waals surface area contributed by atoms with Crippen LogP contribution in [0.25, 0.3) is 0 Å². The lowest BCUT2D eigenvalue weighted by Crippen LogP contribution is -2.39. The number of hydrogen-bond donors (Lipinski definition) is 2. The number of hydrogen-bond acceptors (Lipinski definition) is 3. The van der Waals surface area contributed by atoms with Gasteiger partial charge in [-0.25, -0.2) is 13.1 Å². The molecule has 1 saturated carbocycles. The lowest BCUT2D eigenvalue weighted by Gasteiger charge is -2.08. The minimum atomic E-state index is -3.39. The smallest absolute Gasteiger partial charge is 0.321 e. The van der Waals surface area contributed by atoms with E-state index in [1.807, 2.05) is 0 Å². The first-order valence-electron chi connectivity index (χ1n) is 4.13. The molecule has 0 spiro atoms. The number of aliphatic carboxylic acids is 1. The Kier molecular flexibility index (Phi) is 2.92. The molecule has 1 rings (SSSR count). The fraction of sp³-hybridized carbons (Fsp3) is 0.857. The molecule has 0 aromatic carbocycles. The summed E-state index contributed by atoms with van der Waals surface area (Å²) in [4.78, 5) is 10.4. The van der Waals surface area contributed by atoms with E-state index >= 15 is 0 Å². The molecule has 1 aliphatic carbocycles. The zero-order chi connectivity index (χ0) is 10.1. The summed E-state index contributed by atoms with van der Waals surface area (Å²) in [5.41, 5.74) is 0. The number of rotatable bonds is 5. The van der Waals surface area contributed by atoms with Gasteiger partial charge in [0.05, 0.1) is 5.75 Å². The highest BCUT2D eigenvalue weighted by Gasteiger charge is 2.29. The van der Waals surface area contributed by atoms with Crippen LogP contribution in [0.1, 0.15) is 19.8 Å². The first-order chi connectivity index (χ1) is 5.91. The minimum absolute atomic E-state index is 0.0601. The Hall–Kier alpha value is -0.620. The Morgan fingerprint density at radius 2 is 2.15 bits per heavy atom. The van der Waals surface area contributed by atoms with Crippen LogP contribution in [0.4, 0.5) is 0 Å². The lowest BCUT2D eigenvalue weighted by molar-refractivity contribution is -0.138. The summed E-state index contributed by atoms with van der Waals surface area (Å²) in [7, 11) is -3.39. The van der Waals surface area contributed by atoms with Crippen LogP contribution in [0.5, 0.6) is 0 Å². The average molecular weight is 207 g/mol. The predicted molar refractivity (Wildman–Crippen MR) is 46.7 cm³/mol. The Balaban J connectivity index is 2.45. The van der Waals surface area contributed by atoms with Gasteiger partial charge in [-0.3, -0.25) is 4.79 Å². The molecule has 0 aromatic heterocycles. The molecule has 0 radical (unpaired) electrons. The van der Waals surface area contributed by atoms with Crippen molar-refractivity contribution in [1.29, 1.82) is 0 Å². The van der Waals surface area contributed by atoms with Crippen molar-refractivity contribution in [2.45, 2.75) is 25.8 Å². The van der Waals surface area contributed by atoms with E-state index in [1.165, 1.54) is 6.92 Å². The van der Waals surface area contributed by atoms with Crippen molar-refractivity contribution in [3.05, 3.63) is 0 Å². The number of carbonyl (C=O) groups is 1. The molecule has 5 nitrogen and oxygen atoms in total. The first-order valence-corrected chi connectivity index (χ1v) is 5.79. The van der Waals surface area contributed by atoms with E-state index in [9.17, 15) is 13.2 Å². The van der Waals surface area contributed by atoms with Gasteiger partial charge in [-0.1, -0.05) is 0 Å². The summed E-state index contributed by atoms with van der Waals surface area (Å²) in [6.45, 7) is 1.31. The summed E-state index contributed by atoms with van der Waals surface area (Å²) < 4.78 is 24.5. The Bertz CT molecular complexity index is 294. The quantitative estimate of drug-likeness (QED) is 0.653. The third-order valence-electron chi connectivity index (χ3n) is 1.88. The van der Waals surface area contributed by atoms with Crippen LogP contribution < -0.4 is 4.72 Å². The van der Waals surface area contributed by atoms with Crippen LogP contribution in [0.3, 0.4) is 0 Å². The van der Waals surface area contributed by atoms with Crippen LogP contribution in [-0.2, 0) is 14.8 Å². The van der Waals surface area contributed by atoms with Gasteiger partial charge in [-0.2, -0.15) is 0 Å². The van der Waals surface area contributed by atoms with Crippen molar-refractivity contribution in [2.75, 3.05) is 5.75 Å². The molecule has 76 valence electrons. The molecule has 6 heteroatoms. The van der Waals surface area contributed by atoms with Gasteiger partial charge in [0.15, 0.2) is 0 Å². The summed E-state index contributed by atoms with van der Waals surface area (Å²) in [6.07, 6.45) is 1.87. The fourth-order valence-corrected chi connectivity index (χ4v) is 2.65. The van der Waals surface area contributed by atoms with Gasteiger partial charge in [0.25, 0.3) is 0 Å². The van der Waals surface area contributed by atoms with E-state index in [-0.39, 0.29) is 11.7 Å². The second-order valence-electron chi connectivity index (χ2n) is 3.40. The summed E-state index contributed by atoms with van der Waals surface area (Å²) in [6, 6.07) is -1.04. The normalized spacial score (nSPS) is 19.8. The van der Waals surface area contributed by atoms with E-state index in [2.05, 4.69) is 4.72 Å². The molecule has 0 heterocycles. The SMILES string of the molecule is CC(NS(=O)(=O)CC1CC1)C(=O)O. The van der Waals surface area contributed by atoms with Gasteiger partial charge >= 0.3 is 5.97 Å². The number of carboxylic acids is 1. The highest BCUT2D eigenvalue weighted by atomic mass is 32.2. The standard InChI is InChI=1S/C7H13NO4S/c1-5(7(9)10)8-13(11,12)4-6-2-3-6/h5-6,8H,2-4H2,1H3,(H,9,10). The van der Waals surface area contributed by atoms with Crippen LogP contribution in [0.2, 0.25) is 0 Å². The van der Waals surface area contributed by atoms with E-state index in [0.29, 0.717) is 0 Å². The molecule has 0 amide bonds. The third kappa shape index (κ3) is 3.73. The van der Waals surface area contributed by atoms with E-state index in [4.69, 9.17) is 5.11 Å². The second-order valence-corrected chi connectivity index (χ2v) is 5.20. The highest BCUT2D eigenvalue weighted by molar-refractivity contribution is 7.89. The highest BCUT2D eigenvalue weighted by Crippen LogP contribution is 2.29. The van der Waals surface area contributed by atoms with Gasteiger partial charge in [0, 0.05) is 0 Å². The Morgan fingerprint density at radius 3 is 2.54 bits per heavy atom. The van der Waals surface area contributed by atoms with Crippen molar-refractivity contribution >= 4 is 16.0 Å². The molecule has 1 aliphatic rings. The summed E-state index contributed by atoms with van der Waals surface area (Å²) in [5.74, 6) is -0.859. The van der Waals surface area contributed by atoms with Crippen LogP contribution >= 0.6 is 0 Å². The molecule has 0 saturated heterocycles. The molecule has 0 aromatic rings. The molecular formula is C7H13NO4S. The number of nitrogens with one attached hydrogen (secondary N) is 1. The lowest BCUT2D eigenvalue weighted by atomic mass is 10.4. The molecule has 1 fully saturated rings. The minimum Gasteiger partial charge on any atom is -0.480 e. The zero-order valence-electron chi connectivity index (χ0n) is 7.36.